The third kappa shape index (κ3) is 3.12. The van der Waals surface area contributed by atoms with E-state index in [-0.39, 0.29) is 10.1 Å². The fourth-order valence-corrected chi connectivity index (χ4v) is 3.96. The molecule has 0 aliphatic rings. The fraction of sp³-hybridized carbons (Fsp3) is 0.400. The van der Waals surface area contributed by atoms with E-state index in [0.29, 0.717) is 24.2 Å². The van der Waals surface area contributed by atoms with E-state index in [9.17, 15) is 13.2 Å². The molecule has 0 atom stereocenters. The number of hydrogen-bond donors (Lipinski definition) is 0. The Kier molecular flexibility index (Phi) is 4.84. The van der Waals surface area contributed by atoms with Crippen LogP contribution in [0.2, 0.25) is 0 Å². The molecule has 0 N–H and O–H groups in total. The van der Waals surface area contributed by atoms with Gasteiger partial charge in [-0.3, -0.25) is 0 Å². The van der Waals surface area contributed by atoms with Crippen LogP contribution in [0.15, 0.2) is 34.6 Å². The van der Waals surface area contributed by atoms with Crippen LogP contribution in [0, 0.1) is 13.8 Å². The molecule has 1 aromatic heterocycles. The van der Waals surface area contributed by atoms with Gasteiger partial charge < -0.3 is 4.90 Å². The van der Waals surface area contributed by atoms with Crippen molar-refractivity contribution < 1.29 is 13.2 Å². The highest BCUT2D eigenvalue weighted by molar-refractivity contribution is 7.91. The van der Waals surface area contributed by atoms with E-state index in [4.69, 9.17) is 0 Å². The molecule has 1 heterocycles. The van der Waals surface area contributed by atoms with Gasteiger partial charge in [-0.2, -0.15) is 4.68 Å². The maximum Gasteiger partial charge on any atom is 0.346 e. The number of sulfone groups is 1. The molecule has 0 saturated carbocycles. The zero-order valence-corrected chi connectivity index (χ0v) is 14.5. The third-order valence-corrected chi connectivity index (χ3v) is 5.47. The molecule has 2 rings (SSSR count). The lowest BCUT2D eigenvalue weighted by Crippen LogP contribution is -2.34. The smallest absolute Gasteiger partial charge is 0.323 e. The van der Waals surface area contributed by atoms with Gasteiger partial charge in [0.1, 0.15) is 6.33 Å². The van der Waals surface area contributed by atoms with E-state index in [1.165, 1.54) is 4.90 Å². The van der Waals surface area contributed by atoms with Gasteiger partial charge in [0.15, 0.2) is 0 Å². The first-order chi connectivity index (χ1) is 10.8. The van der Waals surface area contributed by atoms with Crippen LogP contribution in [0.4, 0.5) is 4.79 Å². The van der Waals surface area contributed by atoms with Gasteiger partial charge in [0, 0.05) is 13.1 Å². The molecule has 7 nitrogen and oxygen atoms in total. The lowest BCUT2D eigenvalue weighted by Gasteiger charge is -2.17. The average Bonchev–Trinajstić information content (AvgIpc) is 2.98. The second-order valence-electron chi connectivity index (χ2n) is 5.15. The summed E-state index contributed by atoms with van der Waals surface area (Å²) in [7, 11) is -3.87. The second-order valence-corrected chi connectivity index (χ2v) is 6.93. The van der Waals surface area contributed by atoms with Crippen LogP contribution in [0.3, 0.4) is 0 Å². The van der Waals surface area contributed by atoms with Crippen LogP contribution in [0.5, 0.6) is 0 Å². The molecule has 0 spiro atoms. The molecular weight excluding hydrogens is 316 g/mol. The molecule has 0 bridgehead atoms. The molecule has 0 unspecified atom stereocenters. The van der Waals surface area contributed by atoms with E-state index in [0.717, 1.165) is 11.0 Å². The van der Waals surface area contributed by atoms with Gasteiger partial charge in [-0.15, -0.1) is 5.10 Å². The molecule has 1 amide bonds. The molecule has 1 aromatic carbocycles. The maximum absolute atomic E-state index is 12.8. The molecule has 124 valence electrons. The minimum Gasteiger partial charge on any atom is -0.323 e. The van der Waals surface area contributed by atoms with E-state index in [1.807, 2.05) is 13.8 Å². The molecule has 2 aromatic rings. The number of nitrogens with zero attached hydrogens (tertiary/aromatic N) is 4. The van der Waals surface area contributed by atoms with Crippen molar-refractivity contribution in [1.82, 2.24) is 19.7 Å². The first-order valence-corrected chi connectivity index (χ1v) is 8.83. The lowest BCUT2D eigenvalue weighted by molar-refractivity contribution is 0.201. The number of hydrogen-bond acceptors (Lipinski definition) is 5. The second kappa shape index (κ2) is 6.49. The Bertz CT molecular complexity index is 803. The standard InChI is InChI=1S/C15H20N4O3S/c1-5-18(6-2)15(20)19-10-16-14(17-19)23(21,22)13-11(3)8-7-9-12(13)4/h7-10H,5-6H2,1-4H3. The van der Waals surface area contributed by atoms with Gasteiger partial charge in [-0.1, -0.05) is 18.2 Å². The van der Waals surface area contributed by atoms with Crippen LogP contribution in [-0.4, -0.2) is 47.2 Å². The summed E-state index contributed by atoms with van der Waals surface area (Å²) < 4.78 is 26.5. The topological polar surface area (TPSA) is 85.2 Å². The molecule has 8 heteroatoms. The summed E-state index contributed by atoms with van der Waals surface area (Å²) in [5, 5.41) is 3.52. The Hall–Kier alpha value is -2.22. The van der Waals surface area contributed by atoms with Crippen LogP contribution in [0.1, 0.15) is 25.0 Å². The van der Waals surface area contributed by atoms with E-state index in [1.54, 1.807) is 32.0 Å². The monoisotopic (exact) mass is 336 g/mol. The van der Waals surface area contributed by atoms with E-state index in [2.05, 4.69) is 10.1 Å². The lowest BCUT2D eigenvalue weighted by atomic mass is 10.2. The number of amides is 1. The van der Waals surface area contributed by atoms with Crippen LogP contribution >= 0.6 is 0 Å². The van der Waals surface area contributed by atoms with Crippen LogP contribution < -0.4 is 0 Å². The Morgan fingerprint density at radius 1 is 1.17 bits per heavy atom. The van der Waals surface area contributed by atoms with Gasteiger partial charge in [-0.05, 0) is 38.8 Å². The van der Waals surface area contributed by atoms with Crippen LogP contribution in [0.25, 0.3) is 0 Å². The molecule has 23 heavy (non-hydrogen) atoms. The molecular formula is C15H20N4O3S. The third-order valence-electron chi connectivity index (χ3n) is 3.62. The fourth-order valence-electron chi connectivity index (χ4n) is 2.42. The number of carbonyl (C=O) groups is 1. The van der Waals surface area contributed by atoms with Gasteiger partial charge >= 0.3 is 6.03 Å². The van der Waals surface area contributed by atoms with Crippen molar-refractivity contribution in [3.63, 3.8) is 0 Å². The number of carbonyl (C=O) groups excluding carboxylic acids is 1. The predicted octanol–water partition coefficient (Wildman–Crippen LogP) is 2.04. The largest absolute Gasteiger partial charge is 0.346 e. The summed E-state index contributed by atoms with van der Waals surface area (Å²) in [6.45, 7) is 8.14. The Morgan fingerprint density at radius 2 is 1.74 bits per heavy atom. The first kappa shape index (κ1) is 17.1. The van der Waals surface area contributed by atoms with Crippen molar-refractivity contribution >= 4 is 15.9 Å². The number of benzene rings is 1. The van der Waals surface area contributed by atoms with Crippen molar-refractivity contribution in [3.05, 3.63) is 35.7 Å². The summed E-state index contributed by atoms with van der Waals surface area (Å²) in [5.74, 6) is 0. The highest BCUT2D eigenvalue weighted by Gasteiger charge is 2.27. The van der Waals surface area contributed by atoms with Gasteiger partial charge in [0.05, 0.1) is 4.90 Å². The van der Waals surface area contributed by atoms with Gasteiger partial charge in [0.2, 0.25) is 9.84 Å². The van der Waals surface area contributed by atoms with Gasteiger partial charge in [-0.25, -0.2) is 18.2 Å². The van der Waals surface area contributed by atoms with Crippen molar-refractivity contribution in [2.75, 3.05) is 13.1 Å². The Balaban J connectivity index is 2.46. The number of rotatable bonds is 4. The predicted molar refractivity (Wildman–Crippen MR) is 85.1 cm³/mol. The van der Waals surface area contributed by atoms with Crippen molar-refractivity contribution in [3.8, 4) is 0 Å². The van der Waals surface area contributed by atoms with Crippen molar-refractivity contribution in [2.24, 2.45) is 0 Å². The highest BCUT2D eigenvalue weighted by atomic mass is 32.2. The zero-order chi connectivity index (χ0) is 17.2. The zero-order valence-electron chi connectivity index (χ0n) is 13.6. The van der Waals surface area contributed by atoms with E-state index < -0.39 is 15.9 Å². The first-order valence-electron chi connectivity index (χ1n) is 7.35. The SMILES string of the molecule is CCN(CC)C(=O)n1cnc(S(=O)(=O)c2c(C)cccc2C)n1. The molecule has 0 aliphatic carbocycles. The summed E-state index contributed by atoms with van der Waals surface area (Å²) >= 11 is 0. The van der Waals surface area contributed by atoms with Crippen molar-refractivity contribution in [1.29, 1.82) is 0 Å². The summed E-state index contributed by atoms with van der Waals surface area (Å²) in [6.07, 6.45) is 1.14. The van der Waals surface area contributed by atoms with Crippen LogP contribution in [-0.2, 0) is 9.84 Å². The Labute approximate surface area is 135 Å². The summed E-state index contributed by atoms with van der Waals surface area (Å²) in [4.78, 5) is 17.8. The minimum absolute atomic E-state index is 0.188. The Morgan fingerprint density at radius 3 is 2.26 bits per heavy atom. The molecule has 0 radical (unpaired) electrons. The molecule has 0 fully saturated rings. The molecule has 0 saturated heterocycles. The van der Waals surface area contributed by atoms with Gasteiger partial charge in [0.25, 0.3) is 5.16 Å². The van der Waals surface area contributed by atoms with E-state index >= 15 is 0 Å². The number of aryl methyl sites for hydroxylation is 2. The quantitative estimate of drug-likeness (QED) is 0.853. The normalized spacial score (nSPS) is 11.5. The maximum atomic E-state index is 12.8. The minimum atomic E-state index is -3.87. The van der Waals surface area contributed by atoms with Crippen molar-refractivity contribution in [2.45, 2.75) is 37.7 Å². The molecule has 0 aliphatic heterocycles. The highest BCUT2D eigenvalue weighted by Crippen LogP contribution is 2.24. The number of aromatic nitrogens is 3. The summed E-state index contributed by atoms with van der Waals surface area (Å²) in [5.41, 5.74) is 1.24. The average molecular weight is 336 g/mol. The summed E-state index contributed by atoms with van der Waals surface area (Å²) in [6, 6.07) is 4.83.